The Bertz CT molecular complexity index is 966. The molecule has 1 fully saturated rings. The van der Waals surface area contributed by atoms with Crippen molar-refractivity contribution in [1.29, 1.82) is 0 Å². The lowest BCUT2D eigenvalue weighted by molar-refractivity contribution is -0.127. The van der Waals surface area contributed by atoms with Crippen molar-refractivity contribution in [2.75, 3.05) is 51.9 Å². The highest BCUT2D eigenvalue weighted by molar-refractivity contribution is 6.88. The second-order valence-corrected chi connectivity index (χ2v) is 14.6. The van der Waals surface area contributed by atoms with Gasteiger partial charge in [0, 0.05) is 25.9 Å². The lowest BCUT2D eigenvalue weighted by Gasteiger charge is -2.27. The molecule has 192 valence electrons. The van der Waals surface area contributed by atoms with Gasteiger partial charge in [0.2, 0.25) is 5.91 Å². The van der Waals surface area contributed by atoms with Crippen molar-refractivity contribution in [2.45, 2.75) is 32.6 Å². The van der Waals surface area contributed by atoms with Crippen LogP contribution in [0.1, 0.15) is 6.92 Å². The molecule has 35 heavy (non-hydrogen) atoms. The molecular weight excluding hydrogens is 465 g/mol. The van der Waals surface area contributed by atoms with Crippen molar-refractivity contribution >= 4 is 30.8 Å². The van der Waals surface area contributed by atoms with Crippen LogP contribution in [0.2, 0.25) is 19.6 Å². The number of allylic oxidation sites excluding steroid dienone is 1. The maximum absolute atomic E-state index is 14.7. The minimum absolute atomic E-state index is 0.146. The van der Waals surface area contributed by atoms with E-state index in [4.69, 9.17) is 9.47 Å². The second-order valence-electron chi connectivity index (χ2n) is 9.53. The van der Waals surface area contributed by atoms with Gasteiger partial charge in [-0.05, 0) is 35.4 Å². The number of nitrogens with zero attached hydrogens (tertiary/aromatic N) is 1. The monoisotopic (exact) mass is 503 g/mol. The van der Waals surface area contributed by atoms with Gasteiger partial charge in [-0.25, -0.2) is 4.39 Å². The molecule has 0 bridgehead atoms. The predicted molar refractivity (Wildman–Crippen MR) is 141 cm³/mol. The van der Waals surface area contributed by atoms with Crippen molar-refractivity contribution in [1.82, 2.24) is 10.2 Å². The first-order valence-corrected chi connectivity index (χ1v) is 15.3. The number of amides is 2. The van der Waals surface area contributed by atoms with Gasteiger partial charge < -0.3 is 20.1 Å². The summed E-state index contributed by atoms with van der Waals surface area (Å²) in [5.74, 6) is -1.14. The van der Waals surface area contributed by atoms with Crippen LogP contribution in [0, 0.1) is 5.82 Å². The van der Waals surface area contributed by atoms with E-state index in [9.17, 15) is 14.0 Å². The van der Waals surface area contributed by atoms with Crippen molar-refractivity contribution < 1.29 is 23.5 Å². The molecule has 9 heteroatoms. The summed E-state index contributed by atoms with van der Waals surface area (Å²) in [5.41, 5.74) is 1.62. The van der Waals surface area contributed by atoms with Gasteiger partial charge in [0.05, 0.1) is 34.4 Å². The molecule has 1 aromatic carbocycles. The number of halogens is 1. The molecule has 2 rings (SSSR count). The number of anilines is 1. The first-order valence-electron chi connectivity index (χ1n) is 11.8. The van der Waals surface area contributed by atoms with Gasteiger partial charge >= 0.3 is 0 Å². The maximum atomic E-state index is 14.7. The third-order valence-electron chi connectivity index (χ3n) is 5.65. The molecule has 0 spiro atoms. The largest absolute Gasteiger partial charge is 0.380 e. The summed E-state index contributed by atoms with van der Waals surface area (Å²) in [6, 6.07) is 3.71. The minimum atomic E-state index is -1.85. The van der Waals surface area contributed by atoms with E-state index < -0.39 is 20.0 Å². The van der Waals surface area contributed by atoms with Crippen LogP contribution in [0.25, 0.3) is 0 Å². The zero-order valence-electron chi connectivity index (χ0n) is 21.4. The standard InChI is InChI=1S/C26H38FN3O4Si/c1-7-20(18-33-3)9-8-19(2)25(29-24(31)17-30-12-14-34-15-13-30)26(32)28-21-10-11-23(22(27)16-21)35(4,5)6/h7-11,16,25H,2,12-15,17-18H2,1,3-6H3,(H,28,32)(H,29,31)/b9-8-,20-7+/t25-/m1/s1. The van der Waals surface area contributed by atoms with E-state index in [2.05, 4.69) is 36.9 Å². The molecule has 7 nitrogen and oxygen atoms in total. The smallest absolute Gasteiger partial charge is 0.251 e. The first-order chi connectivity index (χ1) is 16.5. The summed E-state index contributed by atoms with van der Waals surface area (Å²) >= 11 is 0. The molecule has 0 unspecified atom stereocenters. The van der Waals surface area contributed by atoms with Crippen molar-refractivity contribution in [3.63, 3.8) is 0 Å². The molecule has 1 aliphatic rings. The first kappa shape index (κ1) is 28.6. The van der Waals surface area contributed by atoms with E-state index >= 15 is 0 Å². The minimum Gasteiger partial charge on any atom is -0.380 e. The highest BCUT2D eigenvalue weighted by Gasteiger charge is 2.25. The zero-order valence-corrected chi connectivity index (χ0v) is 22.4. The fourth-order valence-electron chi connectivity index (χ4n) is 3.62. The molecule has 1 aliphatic heterocycles. The van der Waals surface area contributed by atoms with E-state index in [1.807, 2.05) is 17.9 Å². The predicted octanol–water partition coefficient (Wildman–Crippen LogP) is 2.83. The molecular formula is C26H38FN3O4Si. The molecule has 1 atom stereocenters. The second kappa shape index (κ2) is 13.5. The Morgan fingerprint density at radius 2 is 1.94 bits per heavy atom. The zero-order chi connectivity index (χ0) is 26.0. The summed E-state index contributed by atoms with van der Waals surface area (Å²) in [7, 11) is -0.255. The number of morpholine rings is 1. The molecule has 0 radical (unpaired) electrons. The van der Waals surface area contributed by atoms with Gasteiger partial charge in [0.15, 0.2) is 0 Å². The van der Waals surface area contributed by atoms with Gasteiger partial charge in [-0.2, -0.15) is 0 Å². The van der Waals surface area contributed by atoms with Crippen LogP contribution in [0.3, 0.4) is 0 Å². The van der Waals surface area contributed by atoms with Crippen LogP contribution in [-0.4, -0.2) is 77.4 Å². The van der Waals surface area contributed by atoms with Crippen LogP contribution in [0.15, 0.2) is 54.2 Å². The molecule has 0 saturated carbocycles. The molecule has 1 heterocycles. The third kappa shape index (κ3) is 9.18. The lowest BCUT2D eigenvalue weighted by Crippen LogP contribution is -2.49. The van der Waals surface area contributed by atoms with E-state index in [1.54, 1.807) is 31.4 Å². The Morgan fingerprint density at radius 3 is 2.51 bits per heavy atom. The SMILES string of the molecule is C=C(/C=C\C(=C/C)COC)[C@@H](NC(=O)CN1CCOCC1)C(=O)Nc1ccc([Si](C)(C)C)c(F)c1. The van der Waals surface area contributed by atoms with Crippen LogP contribution >= 0.6 is 0 Å². The number of hydrogen-bond donors (Lipinski definition) is 2. The average molecular weight is 504 g/mol. The molecule has 0 aromatic heterocycles. The quantitative estimate of drug-likeness (QED) is 0.359. The highest BCUT2D eigenvalue weighted by atomic mass is 28.3. The van der Waals surface area contributed by atoms with E-state index in [0.717, 1.165) is 5.57 Å². The van der Waals surface area contributed by atoms with Gasteiger partial charge in [-0.15, -0.1) is 0 Å². The van der Waals surface area contributed by atoms with Gasteiger partial charge in [-0.1, -0.05) is 50.5 Å². The van der Waals surface area contributed by atoms with Crippen molar-refractivity contribution in [3.05, 3.63) is 60.0 Å². The number of benzene rings is 1. The van der Waals surface area contributed by atoms with E-state index in [1.165, 1.54) is 6.07 Å². The number of hydrogen-bond acceptors (Lipinski definition) is 5. The summed E-state index contributed by atoms with van der Waals surface area (Å²) < 4.78 is 25.2. The van der Waals surface area contributed by atoms with Crippen LogP contribution in [-0.2, 0) is 19.1 Å². The Labute approximate surface area is 209 Å². The Morgan fingerprint density at radius 1 is 1.26 bits per heavy atom. The van der Waals surface area contributed by atoms with Crippen LogP contribution in [0.4, 0.5) is 10.1 Å². The Kier molecular flexibility index (Phi) is 11.0. The molecule has 0 aliphatic carbocycles. The van der Waals surface area contributed by atoms with Crippen LogP contribution in [0.5, 0.6) is 0 Å². The lowest BCUT2D eigenvalue weighted by atomic mass is 10.1. The number of ether oxygens (including phenoxy) is 2. The number of nitrogens with one attached hydrogen (secondary N) is 2. The Balaban J connectivity index is 2.20. The number of carbonyl (C=O) groups excluding carboxylic acids is 2. The van der Waals surface area contributed by atoms with Gasteiger partial charge in [0.25, 0.3) is 5.91 Å². The normalized spacial score (nSPS) is 16.2. The number of methoxy groups -OCH3 is 1. The topological polar surface area (TPSA) is 79.9 Å². The Hall–Kier alpha value is -2.59. The summed E-state index contributed by atoms with van der Waals surface area (Å²) in [6.07, 6.45) is 5.37. The number of rotatable bonds is 11. The fourth-order valence-corrected chi connectivity index (χ4v) is 4.99. The molecule has 1 saturated heterocycles. The summed E-state index contributed by atoms with van der Waals surface area (Å²) in [4.78, 5) is 27.9. The fraction of sp³-hybridized carbons (Fsp3) is 0.462. The van der Waals surface area contributed by atoms with E-state index in [0.29, 0.717) is 49.4 Å². The van der Waals surface area contributed by atoms with Gasteiger partial charge in [0.1, 0.15) is 11.9 Å². The summed E-state index contributed by atoms with van der Waals surface area (Å²) in [5, 5.41) is 6.21. The molecule has 2 N–H and O–H groups in total. The van der Waals surface area contributed by atoms with Crippen LogP contribution < -0.4 is 15.8 Å². The van der Waals surface area contributed by atoms with Crippen molar-refractivity contribution in [3.8, 4) is 0 Å². The number of carbonyl (C=O) groups is 2. The third-order valence-corrected chi connectivity index (χ3v) is 7.67. The van der Waals surface area contributed by atoms with Crippen molar-refractivity contribution in [2.24, 2.45) is 0 Å². The van der Waals surface area contributed by atoms with Gasteiger partial charge in [-0.3, -0.25) is 14.5 Å². The molecule has 2 amide bonds. The van der Waals surface area contributed by atoms with E-state index in [-0.39, 0.29) is 18.3 Å². The summed E-state index contributed by atoms with van der Waals surface area (Å²) in [6.45, 7) is 15.1. The molecule has 1 aromatic rings. The highest BCUT2D eigenvalue weighted by Crippen LogP contribution is 2.15. The average Bonchev–Trinajstić information content (AvgIpc) is 2.79. The maximum Gasteiger partial charge on any atom is 0.251 e.